The van der Waals surface area contributed by atoms with E-state index in [4.69, 9.17) is 5.26 Å². The van der Waals surface area contributed by atoms with Gasteiger partial charge in [-0.15, -0.1) is 11.3 Å². The molecule has 80 valence electrons. The average molecular weight is 287 g/mol. The van der Waals surface area contributed by atoms with Crippen LogP contribution in [0.15, 0.2) is 15.9 Å². The second kappa shape index (κ2) is 4.77. The molecule has 0 aliphatic heterocycles. The van der Waals surface area contributed by atoms with Crippen molar-refractivity contribution in [1.82, 2.24) is 5.32 Å². The third-order valence-corrected chi connectivity index (χ3v) is 3.76. The number of halogens is 1. The highest BCUT2D eigenvalue weighted by molar-refractivity contribution is 9.11. The quantitative estimate of drug-likeness (QED) is 0.929. The summed E-state index contributed by atoms with van der Waals surface area (Å²) < 4.78 is 0.905. The second-order valence-electron chi connectivity index (χ2n) is 3.36. The minimum absolute atomic E-state index is 0.198. The van der Waals surface area contributed by atoms with Gasteiger partial charge in [0.2, 0.25) is 0 Å². The molecule has 0 fully saturated rings. The predicted molar refractivity (Wildman–Crippen MR) is 63.8 cm³/mol. The van der Waals surface area contributed by atoms with E-state index in [1.807, 2.05) is 13.0 Å². The van der Waals surface area contributed by atoms with Gasteiger partial charge >= 0.3 is 0 Å². The zero-order valence-corrected chi connectivity index (χ0v) is 10.9. The molecule has 0 bridgehead atoms. The Kier molecular flexibility index (Phi) is 3.89. The van der Waals surface area contributed by atoms with E-state index >= 15 is 0 Å². The lowest BCUT2D eigenvalue weighted by Crippen LogP contribution is -2.43. The summed E-state index contributed by atoms with van der Waals surface area (Å²) in [5.74, 6) is -0.198. The van der Waals surface area contributed by atoms with Gasteiger partial charge in [-0.25, -0.2) is 0 Å². The summed E-state index contributed by atoms with van der Waals surface area (Å²) >= 11 is 4.64. The molecule has 1 heterocycles. The highest BCUT2D eigenvalue weighted by Gasteiger charge is 2.24. The predicted octanol–water partition coefficient (Wildman–Crippen LogP) is 2.93. The summed E-state index contributed by atoms with van der Waals surface area (Å²) in [6, 6.07) is 5.64. The van der Waals surface area contributed by atoms with Crippen molar-refractivity contribution >= 4 is 33.2 Å². The van der Waals surface area contributed by atoms with Crippen LogP contribution in [0.4, 0.5) is 0 Å². The largest absolute Gasteiger partial charge is 0.333 e. The van der Waals surface area contributed by atoms with Crippen LogP contribution in [0, 0.1) is 11.3 Å². The van der Waals surface area contributed by atoms with Gasteiger partial charge in [0.15, 0.2) is 0 Å². The van der Waals surface area contributed by atoms with Crippen LogP contribution in [0.3, 0.4) is 0 Å². The first-order valence-corrected chi connectivity index (χ1v) is 6.11. The second-order valence-corrected chi connectivity index (χ2v) is 5.82. The highest BCUT2D eigenvalue weighted by atomic mass is 79.9. The summed E-state index contributed by atoms with van der Waals surface area (Å²) in [5, 5.41) is 11.6. The molecule has 0 spiro atoms. The van der Waals surface area contributed by atoms with Gasteiger partial charge < -0.3 is 5.32 Å². The van der Waals surface area contributed by atoms with Gasteiger partial charge in [-0.05, 0) is 41.4 Å². The van der Waals surface area contributed by atoms with E-state index in [0.29, 0.717) is 11.3 Å². The molecule has 1 aromatic heterocycles. The topological polar surface area (TPSA) is 52.9 Å². The van der Waals surface area contributed by atoms with E-state index in [2.05, 4.69) is 27.3 Å². The van der Waals surface area contributed by atoms with E-state index in [1.165, 1.54) is 11.3 Å². The van der Waals surface area contributed by atoms with E-state index in [0.717, 1.165) is 3.79 Å². The molecule has 0 aromatic carbocycles. The zero-order valence-electron chi connectivity index (χ0n) is 8.50. The van der Waals surface area contributed by atoms with Gasteiger partial charge in [0, 0.05) is 0 Å². The molecule has 0 saturated carbocycles. The summed E-state index contributed by atoms with van der Waals surface area (Å²) in [4.78, 5) is 12.3. The molecule has 1 rings (SSSR count). The van der Waals surface area contributed by atoms with E-state index < -0.39 is 5.54 Å². The van der Waals surface area contributed by atoms with Crippen molar-refractivity contribution in [3.8, 4) is 6.07 Å². The first kappa shape index (κ1) is 12.2. The molecule has 0 saturated heterocycles. The summed E-state index contributed by atoms with van der Waals surface area (Å²) in [5.41, 5.74) is -0.784. The van der Waals surface area contributed by atoms with Gasteiger partial charge in [0.1, 0.15) is 5.54 Å². The third kappa shape index (κ3) is 3.05. The Balaban J connectivity index is 2.76. The summed E-state index contributed by atoms with van der Waals surface area (Å²) in [7, 11) is 0. The van der Waals surface area contributed by atoms with Crippen LogP contribution in [0.2, 0.25) is 0 Å². The smallest absolute Gasteiger partial charge is 0.262 e. The van der Waals surface area contributed by atoms with Crippen molar-refractivity contribution in [1.29, 1.82) is 5.26 Å². The summed E-state index contributed by atoms with van der Waals surface area (Å²) in [6.45, 7) is 3.58. The molecule has 1 N–H and O–H groups in total. The monoisotopic (exact) mass is 286 g/mol. The lowest BCUT2D eigenvalue weighted by atomic mass is 10.0. The molecule has 0 aliphatic carbocycles. The van der Waals surface area contributed by atoms with Gasteiger partial charge in [-0.2, -0.15) is 5.26 Å². The van der Waals surface area contributed by atoms with E-state index in [-0.39, 0.29) is 5.91 Å². The molecular formula is C10H11BrN2OS. The Bertz CT molecular complexity index is 410. The van der Waals surface area contributed by atoms with Gasteiger partial charge in [-0.3, -0.25) is 4.79 Å². The fourth-order valence-electron chi connectivity index (χ4n) is 0.944. The van der Waals surface area contributed by atoms with Gasteiger partial charge in [0.05, 0.1) is 14.7 Å². The number of carbonyl (C=O) groups is 1. The van der Waals surface area contributed by atoms with Crippen molar-refractivity contribution in [2.75, 3.05) is 0 Å². The Labute approximate surface area is 101 Å². The maximum atomic E-state index is 11.7. The molecule has 3 nitrogen and oxygen atoms in total. The standard InChI is InChI=1S/C10H11BrN2OS/c1-3-10(2,6-12)13-9(14)7-4-5-8(11)15-7/h4-5H,3H2,1-2H3,(H,13,14). The number of hydrogen-bond donors (Lipinski definition) is 1. The highest BCUT2D eigenvalue weighted by Crippen LogP contribution is 2.22. The number of rotatable bonds is 3. The van der Waals surface area contributed by atoms with Crippen molar-refractivity contribution in [2.24, 2.45) is 0 Å². The Morgan fingerprint density at radius 1 is 1.73 bits per heavy atom. The van der Waals surface area contributed by atoms with Crippen LogP contribution in [-0.2, 0) is 0 Å². The van der Waals surface area contributed by atoms with Crippen LogP contribution in [0.25, 0.3) is 0 Å². The molecule has 1 amide bonds. The molecule has 0 aliphatic rings. The number of carbonyl (C=O) groups excluding carboxylic acids is 1. The summed E-state index contributed by atoms with van der Waals surface area (Å²) in [6.07, 6.45) is 0.585. The number of nitriles is 1. The minimum atomic E-state index is -0.784. The SMILES string of the molecule is CCC(C)(C#N)NC(=O)c1ccc(Br)s1. The van der Waals surface area contributed by atoms with Crippen LogP contribution < -0.4 is 5.32 Å². The first-order valence-electron chi connectivity index (χ1n) is 4.50. The number of nitrogens with zero attached hydrogens (tertiary/aromatic N) is 1. The van der Waals surface area contributed by atoms with Crippen LogP contribution in [0.1, 0.15) is 29.9 Å². The Hall–Kier alpha value is -0.860. The number of hydrogen-bond acceptors (Lipinski definition) is 3. The van der Waals surface area contributed by atoms with Gasteiger partial charge in [0.25, 0.3) is 5.91 Å². The minimum Gasteiger partial charge on any atom is -0.333 e. The maximum Gasteiger partial charge on any atom is 0.262 e. The van der Waals surface area contributed by atoms with Crippen LogP contribution >= 0.6 is 27.3 Å². The fraction of sp³-hybridized carbons (Fsp3) is 0.400. The number of nitrogens with one attached hydrogen (secondary N) is 1. The molecule has 1 atom stereocenters. The van der Waals surface area contributed by atoms with Crippen molar-refractivity contribution in [3.63, 3.8) is 0 Å². The molecule has 5 heteroatoms. The van der Waals surface area contributed by atoms with Crippen molar-refractivity contribution in [2.45, 2.75) is 25.8 Å². The van der Waals surface area contributed by atoms with Gasteiger partial charge in [-0.1, -0.05) is 6.92 Å². The average Bonchev–Trinajstić information content (AvgIpc) is 2.65. The zero-order chi connectivity index (χ0) is 11.5. The lowest BCUT2D eigenvalue weighted by Gasteiger charge is -2.20. The lowest BCUT2D eigenvalue weighted by molar-refractivity contribution is 0.0927. The Morgan fingerprint density at radius 2 is 2.40 bits per heavy atom. The van der Waals surface area contributed by atoms with Crippen molar-refractivity contribution in [3.05, 3.63) is 20.8 Å². The first-order chi connectivity index (χ1) is 7.00. The number of amides is 1. The molecule has 1 unspecified atom stereocenters. The molecular weight excluding hydrogens is 276 g/mol. The maximum absolute atomic E-state index is 11.7. The Morgan fingerprint density at radius 3 is 2.80 bits per heavy atom. The van der Waals surface area contributed by atoms with Crippen molar-refractivity contribution < 1.29 is 4.79 Å². The van der Waals surface area contributed by atoms with E-state index in [9.17, 15) is 4.79 Å². The normalized spacial score (nSPS) is 14.0. The van der Waals surface area contributed by atoms with Crippen LogP contribution in [0.5, 0.6) is 0 Å². The molecule has 15 heavy (non-hydrogen) atoms. The van der Waals surface area contributed by atoms with E-state index in [1.54, 1.807) is 13.0 Å². The molecule has 1 aromatic rings. The number of thiophene rings is 1. The third-order valence-electron chi connectivity index (χ3n) is 2.14. The van der Waals surface area contributed by atoms with Crippen LogP contribution in [-0.4, -0.2) is 11.4 Å². The molecule has 0 radical (unpaired) electrons. The fourth-order valence-corrected chi connectivity index (χ4v) is 2.23.